The monoisotopic (exact) mass is 260 g/mol. The van der Waals surface area contributed by atoms with Gasteiger partial charge in [0.15, 0.2) is 0 Å². The lowest BCUT2D eigenvalue weighted by Gasteiger charge is -2.13. The van der Waals surface area contributed by atoms with Crippen molar-refractivity contribution in [1.82, 2.24) is 0 Å². The summed E-state index contributed by atoms with van der Waals surface area (Å²) in [5, 5.41) is 0. The van der Waals surface area contributed by atoms with Crippen LogP contribution in [0.2, 0.25) is 0 Å². The summed E-state index contributed by atoms with van der Waals surface area (Å²) in [7, 11) is 0. The van der Waals surface area contributed by atoms with Crippen molar-refractivity contribution >= 4 is 15.9 Å². The van der Waals surface area contributed by atoms with Gasteiger partial charge in [-0.05, 0) is 37.1 Å². The minimum absolute atomic E-state index is 0.0754. The van der Waals surface area contributed by atoms with Crippen LogP contribution in [0.15, 0.2) is 22.7 Å². The highest BCUT2D eigenvalue weighted by Gasteiger charge is 2.09. The van der Waals surface area contributed by atoms with Crippen molar-refractivity contribution in [3.63, 3.8) is 0 Å². The number of hydrogen-bond acceptors (Lipinski definition) is 2. The Labute approximate surface area is 91.6 Å². The smallest absolute Gasteiger partial charge is 0.124 e. The quantitative estimate of drug-likeness (QED) is 0.873. The van der Waals surface area contributed by atoms with Gasteiger partial charge < -0.3 is 11.5 Å². The van der Waals surface area contributed by atoms with E-state index in [1.165, 1.54) is 12.1 Å². The van der Waals surface area contributed by atoms with E-state index in [0.717, 1.165) is 22.9 Å². The highest BCUT2D eigenvalue weighted by Crippen LogP contribution is 2.25. The third kappa shape index (κ3) is 3.04. The fourth-order valence-electron chi connectivity index (χ4n) is 1.30. The summed E-state index contributed by atoms with van der Waals surface area (Å²) in [5.74, 6) is -0.258. The minimum atomic E-state index is -0.258. The molecule has 2 nitrogen and oxygen atoms in total. The second-order valence-corrected chi connectivity index (χ2v) is 4.06. The third-order valence-electron chi connectivity index (χ3n) is 2.08. The predicted molar refractivity (Wildman–Crippen MR) is 59.3 cm³/mol. The van der Waals surface area contributed by atoms with Crippen LogP contribution in [-0.4, -0.2) is 6.54 Å². The van der Waals surface area contributed by atoms with Crippen LogP contribution in [0.3, 0.4) is 0 Å². The van der Waals surface area contributed by atoms with Crippen LogP contribution in [-0.2, 0) is 0 Å². The maximum absolute atomic E-state index is 12.8. The SMILES string of the molecule is NCCC[C@H](N)c1ccc(F)cc1Br. The Balaban J connectivity index is 2.74. The Morgan fingerprint density at radius 2 is 2.14 bits per heavy atom. The van der Waals surface area contributed by atoms with E-state index < -0.39 is 0 Å². The van der Waals surface area contributed by atoms with Crippen LogP contribution >= 0.6 is 15.9 Å². The van der Waals surface area contributed by atoms with Gasteiger partial charge in [0.25, 0.3) is 0 Å². The molecule has 0 amide bonds. The molecule has 0 aromatic heterocycles. The van der Waals surface area contributed by atoms with Gasteiger partial charge >= 0.3 is 0 Å². The van der Waals surface area contributed by atoms with Crippen molar-refractivity contribution in [1.29, 1.82) is 0 Å². The van der Waals surface area contributed by atoms with E-state index in [1.807, 2.05) is 0 Å². The summed E-state index contributed by atoms with van der Waals surface area (Å²) in [4.78, 5) is 0. The second-order valence-electron chi connectivity index (χ2n) is 3.20. The molecule has 0 aliphatic heterocycles. The molecule has 1 aromatic carbocycles. The molecule has 1 atom stereocenters. The molecule has 0 unspecified atom stereocenters. The lowest BCUT2D eigenvalue weighted by atomic mass is 10.0. The van der Waals surface area contributed by atoms with E-state index in [0.29, 0.717) is 6.54 Å². The van der Waals surface area contributed by atoms with E-state index in [-0.39, 0.29) is 11.9 Å². The van der Waals surface area contributed by atoms with Crippen LogP contribution in [0, 0.1) is 5.82 Å². The zero-order valence-corrected chi connectivity index (χ0v) is 9.43. The first-order valence-electron chi connectivity index (χ1n) is 4.55. The van der Waals surface area contributed by atoms with Gasteiger partial charge in [-0.25, -0.2) is 4.39 Å². The summed E-state index contributed by atoms with van der Waals surface area (Å²) >= 11 is 3.29. The summed E-state index contributed by atoms with van der Waals surface area (Å²) in [5.41, 5.74) is 12.2. The van der Waals surface area contributed by atoms with Gasteiger partial charge in [0, 0.05) is 10.5 Å². The number of benzene rings is 1. The minimum Gasteiger partial charge on any atom is -0.330 e. The molecular formula is C10H14BrFN2. The van der Waals surface area contributed by atoms with Crippen LogP contribution in [0.25, 0.3) is 0 Å². The molecule has 78 valence electrons. The number of halogens is 2. The maximum Gasteiger partial charge on any atom is 0.124 e. The first-order valence-corrected chi connectivity index (χ1v) is 5.35. The molecule has 0 saturated heterocycles. The topological polar surface area (TPSA) is 52.0 Å². The van der Waals surface area contributed by atoms with Gasteiger partial charge in [-0.2, -0.15) is 0 Å². The Morgan fingerprint density at radius 1 is 1.43 bits per heavy atom. The van der Waals surface area contributed by atoms with Crippen molar-refractivity contribution in [2.75, 3.05) is 6.54 Å². The van der Waals surface area contributed by atoms with Gasteiger partial charge in [0.1, 0.15) is 5.82 Å². The average molecular weight is 261 g/mol. The van der Waals surface area contributed by atoms with Gasteiger partial charge in [-0.1, -0.05) is 22.0 Å². The van der Waals surface area contributed by atoms with E-state index in [2.05, 4.69) is 15.9 Å². The van der Waals surface area contributed by atoms with Crippen molar-refractivity contribution < 1.29 is 4.39 Å². The second kappa shape index (κ2) is 5.44. The van der Waals surface area contributed by atoms with Crippen molar-refractivity contribution in [2.24, 2.45) is 11.5 Å². The van der Waals surface area contributed by atoms with Crippen LogP contribution in [0.5, 0.6) is 0 Å². The summed E-state index contributed by atoms with van der Waals surface area (Å²) in [6.45, 7) is 0.631. The lowest BCUT2D eigenvalue weighted by Crippen LogP contribution is -2.13. The molecule has 0 saturated carbocycles. The fraction of sp³-hybridized carbons (Fsp3) is 0.400. The normalized spacial score (nSPS) is 12.9. The molecule has 4 N–H and O–H groups in total. The molecule has 0 bridgehead atoms. The van der Waals surface area contributed by atoms with E-state index in [1.54, 1.807) is 6.07 Å². The molecule has 0 heterocycles. The van der Waals surface area contributed by atoms with Crippen molar-refractivity contribution in [2.45, 2.75) is 18.9 Å². The molecule has 0 aliphatic rings. The van der Waals surface area contributed by atoms with Crippen LogP contribution < -0.4 is 11.5 Å². The van der Waals surface area contributed by atoms with E-state index in [4.69, 9.17) is 11.5 Å². The lowest BCUT2D eigenvalue weighted by molar-refractivity contribution is 0.604. The van der Waals surface area contributed by atoms with E-state index in [9.17, 15) is 4.39 Å². The fourth-order valence-corrected chi connectivity index (χ4v) is 1.94. The largest absolute Gasteiger partial charge is 0.330 e. The summed E-state index contributed by atoms with van der Waals surface area (Å²) < 4.78 is 13.5. The number of nitrogens with two attached hydrogens (primary N) is 2. The zero-order chi connectivity index (χ0) is 10.6. The summed E-state index contributed by atoms with van der Waals surface area (Å²) in [6.07, 6.45) is 1.70. The standard InChI is InChI=1S/C10H14BrFN2/c11-9-6-7(12)3-4-8(9)10(14)2-1-5-13/h3-4,6,10H,1-2,5,13-14H2/t10-/m0/s1. The molecule has 1 aromatic rings. The highest BCUT2D eigenvalue weighted by molar-refractivity contribution is 9.10. The Kier molecular flexibility index (Phi) is 4.51. The van der Waals surface area contributed by atoms with Gasteiger partial charge in [0.05, 0.1) is 0 Å². The maximum atomic E-state index is 12.8. The van der Waals surface area contributed by atoms with Crippen LogP contribution in [0.1, 0.15) is 24.4 Å². The Morgan fingerprint density at radius 3 is 2.71 bits per heavy atom. The molecule has 4 heteroatoms. The van der Waals surface area contributed by atoms with E-state index >= 15 is 0 Å². The molecule has 0 fully saturated rings. The zero-order valence-electron chi connectivity index (χ0n) is 7.84. The molecule has 1 rings (SSSR count). The average Bonchev–Trinajstić information content (AvgIpc) is 2.14. The molecule has 14 heavy (non-hydrogen) atoms. The van der Waals surface area contributed by atoms with Crippen molar-refractivity contribution in [3.8, 4) is 0 Å². The Bertz CT molecular complexity index is 304. The first-order chi connectivity index (χ1) is 6.65. The van der Waals surface area contributed by atoms with Gasteiger partial charge in [0.2, 0.25) is 0 Å². The Hall–Kier alpha value is -0.450. The molecule has 0 radical (unpaired) electrons. The van der Waals surface area contributed by atoms with Crippen molar-refractivity contribution in [3.05, 3.63) is 34.1 Å². The highest BCUT2D eigenvalue weighted by atomic mass is 79.9. The van der Waals surface area contributed by atoms with Gasteiger partial charge in [-0.3, -0.25) is 0 Å². The molecule has 0 spiro atoms. The predicted octanol–water partition coefficient (Wildman–Crippen LogP) is 2.33. The third-order valence-corrected chi connectivity index (χ3v) is 2.77. The van der Waals surface area contributed by atoms with Crippen LogP contribution in [0.4, 0.5) is 4.39 Å². The summed E-state index contributed by atoms with van der Waals surface area (Å²) in [6, 6.07) is 4.48. The number of hydrogen-bond donors (Lipinski definition) is 2. The number of rotatable bonds is 4. The molecule has 0 aliphatic carbocycles. The van der Waals surface area contributed by atoms with Gasteiger partial charge in [-0.15, -0.1) is 0 Å². The molecular weight excluding hydrogens is 247 g/mol. The first kappa shape index (κ1) is 11.6.